The SMILES string of the molecule is COC(=O)C(Cc1c[nH]c2ccccc12)NCCC(C)(C)C. The minimum atomic E-state index is -0.313. The maximum Gasteiger partial charge on any atom is 0.323 e. The Balaban J connectivity index is 2.08. The van der Waals surface area contributed by atoms with E-state index < -0.39 is 0 Å². The van der Waals surface area contributed by atoms with Crippen LogP contribution in [0.25, 0.3) is 10.9 Å². The summed E-state index contributed by atoms with van der Waals surface area (Å²) in [6.45, 7) is 7.39. The molecule has 1 unspecified atom stereocenters. The molecule has 2 aromatic rings. The van der Waals surface area contributed by atoms with E-state index in [9.17, 15) is 4.79 Å². The molecule has 0 aliphatic carbocycles. The highest BCUT2D eigenvalue weighted by atomic mass is 16.5. The number of hydrogen-bond acceptors (Lipinski definition) is 3. The number of rotatable bonds is 6. The monoisotopic (exact) mass is 302 g/mol. The molecule has 120 valence electrons. The highest BCUT2D eigenvalue weighted by molar-refractivity contribution is 5.84. The fourth-order valence-electron chi connectivity index (χ4n) is 2.52. The molecular weight excluding hydrogens is 276 g/mol. The second kappa shape index (κ2) is 6.97. The second-order valence-electron chi connectivity index (χ2n) is 6.90. The van der Waals surface area contributed by atoms with Crippen LogP contribution in [-0.4, -0.2) is 30.6 Å². The van der Waals surface area contributed by atoms with E-state index in [1.54, 1.807) is 0 Å². The van der Waals surface area contributed by atoms with Crippen LogP contribution in [-0.2, 0) is 16.0 Å². The van der Waals surface area contributed by atoms with E-state index in [1.165, 1.54) is 7.11 Å². The van der Waals surface area contributed by atoms with Gasteiger partial charge in [-0.15, -0.1) is 0 Å². The lowest BCUT2D eigenvalue weighted by molar-refractivity contribution is -0.143. The van der Waals surface area contributed by atoms with Gasteiger partial charge in [0.2, 0.25) is 0 Å². The van der Waals surface area contributed by atoms with Gasteiger partial charge in [-0.2, -0.15) is 0 Å². The summed E-state index contributed by atoms with van der Waals surface area (Å²) in [5.74, 6) is -0.209. The van der Waals surface area contributed by atoms with Crippen molar-refractivity contribution in [1.82, 2.24) is 10.3 Å². The molecule has 0 aliphatic heterocycles. The number of aromatic nitrogens is 1. The largest absolute Gasteiger partial charge is 0.468 e. The molecule has 0 saturated heterocycles. The zero-order valence-corrected chi connectivity index (χ0v) is 13.9. The molecular formula is C18H26N2O2. The zero-order valence-electron chi connectivity index (χ0n) is 13.9. The van der Waals surface area contributed by atoms with E-state index in [1.807, 2.05) is 24.4 Å². The predicted octanol–water partition coefficient (Wildman–Crippen LogP) is 3.28. The minimum Gasteiger partial charge on any atom is -0.468 e. The topological polar surface area (TPSA) is 54.1 Å². The first kappa shape index (κ1) is 16.6. The normalized spacial score (nSPS) is 13.3. The Labute approximate surface area is 132 Å². The van der Waals surface area contributed by atoms with Crippen molar-refractivity contribution in [2.24, 2.45) is 5.41 Å². The standard InChI is InChI=1S/C18H26N2O2/c1-18(2,3)9-10-19-16(17(21)22-4)11-13-12-20-15-8-6-5-7-14(13)15/h5-8,12,16,19-20H,9-11H2,1-4H3. The summed E-state index contributed by atoms with van der Waals surface area (Å²) in [6, 6.07) is 7.82. The third kappa shape index (κ3) is 4.34. The average Bonchev–Trinajstić information content (AvgIpc) is 2.87. The highest BCUT2D eigenvalue weighted by Gasteiger charge is 2.21. The maximum atomic E-state index is 12.0. The molecule has 0 radical (unpaired) electrons. The molecule has 2 rings (SSSR count). The van der Waals surface area contributed by atoms with Crippen molar-refractivity contribution in [3.63, 3.8) is 0 Å². The number of esters is 1. The number of para-hydroxylation sites is 1. The molecule has 0 spiro atoms. The Bertz CT molecular complexity index is 625. The van der Waals surface area contributed by atoms with Gasteiger partial charge in [-0.05, 0) is 30.0 Å². The first-order valence-corrected chi connectivity index (χ1v) is 7.77. The lowest BCUT2D eigenvalue weighted by Crippen LogP contribution is -2.40. The number of carbonyl (C=O) groups is 1. The van der Waals surface area contributed by atoms with Crippen molar-refractivity contribution in [2.75, 3.05) is 13.7 Å². The number of ether oxygens (including phenoxy) is 1. The number of methoxy groups -OCH3 is 1. The lowest BCUT2D eigenvalue weighted by atomic mass is 9.92. The summed E-state index contributed by atoms with van der Waals surface area (Å²) in [4.78, 5) is 15.3. The van der Waals surface area contributed by atoms with E-state index in [0.717, 1.165) is 29.4 Å². The first-order chi connectivity index (χ1) is 10.4. The summed E-state index contributed by atoms with van der Waals surface area (Å²) < 4.78 is 4.94. The fourth-order valence-corrected chi connectivity index (χ4v) is 2.52. The molecule has 1 aromatic heterocycles. The van der Waals surface area contributed by atoms with E-state index >= 15 is 0 Å². The first-order valence-electron chi connectivity index (χ1n) is 7.77. The Hall–Kier alpha value is -1.81. The van der Waals surface area contributed by atoms with Crippen molar-refractivity contribution in [3.8, 4) is 0 Å². The summed E-state index contributed by atoms with van der Waals surface area (Å²) in [7, 11) is 1.44. The van der Waals surface area contributed by atoms with Gasteiger partial charge in [0.25, 0.3) is 0 Å². The number of fused-ring (bicyclic) bond motifs is 1. The van der Waals surface area contributed by atoms with Crippen LogP contribution in [0.15, 0.2) is 30.5 Å². The van der Waals surface area contributed by atoms with Crippen LogP contribution in [0.5, 0.6) is 0 Å². The molecule has 1 aromatic carbocycles. The van der Waals surface area contributed by atoms with Crippen LogP contribution < -0.4 is 5.32 Å². The van der Waals surface area contributed by atoms with Gasteiger partial charge in [-0.25, -0.2) is 0 Å². The predicted molar refractivity (Wildman–Crippen MR) is 89.9 cm³/mol. The fraction of sp³-hybridized carbons (Fsp3) is 0.500. The number of hydrogen-bond donors (Lipinski definition) is 2. The van der Waals surface area contributed by atoms with Crippen LogP contribution in [0.1, 0.15) is 32.8 Å². The number of aromatic amines is 1. The van der Waals surface area contributed by atoms with Gasteiger partial charge >= 0.3 is 5.97 Å². The molecule has 4 nitrogen and oxygen atoms in total. The third-order valence-electron chi connectivity index (χ3n) is 3.85. The van der Waals surface area contributed by atoms with Gasteiger partial charge in [-0.1, -0.05) is 39.0 Å². The summed E-state index contributed by atoms with van der Waals surface area (Å²) in [5.41, 5.74) is 2.47. The molecule has 1 atom stereocenters. The van der Waals surface area contributed by atoms with Gasteiger partial charge in [0, 0.05) is 23.5 Å². The molecule has 2 N–H and O–H groups in total. The Morgan fingerprint density at radius 3 is 2.73 bits per heavy atom. The zero-order chi connectivity index (χ0) is 16.2. The van der Waals surface area contributed by atoms with E-state index in [-0.39, 0.29) is 17.4 Å². The molecule has 0 amide bonds. The molecule has 0 aliphatic rings. The molecule has 0 bridgehead atoms. The van der Waals surface area contributed by atoms with E-state index in [4.69, 9.17) is 4.74 Å². The van der Waals surface area contributed by atoms with Crippen molar-refractivity contribution >= 4 is 16.9 Å². The van der Waals surface area contributed by atoms with Crippen LogP contribution in [0.2, 0.25) is 0 Å². The van der Waals surface area contributed by atoms with Crippen molar-refractivity contribution in [1.29, 1.82) is 0 Å². The van der Waals surface area contributed by atoms with Gasteiger partial charge in [0.05, 0.1) is 7.11 Å². The van der Waals surface area contributed by atoms with Crippen molar-refractivity contribution in [2.45, 2.75) is 39.7 Å². The number of nitrogens with one attached hydrogen (secondary N) is 2. The highest BCUT2D eigenvalue weighted by Crippen LogP contribution is 2.20. The molecule has 0 saturated carbocycles. The number of H-pyrrole nitrogens is 1. The van der Waals surface area contributed by atoms with Gasteiger partial charge in [0.15, 0.2) is 0 Å². The molecule has 1 heterocycles. The smallest absolute Gasteiger partial charge is 0.323 e. The van der Waals surface area contributed by atoms with Crippen LogP contribution in [0.3, 0.4) is 0 Å². The Kier molecular flexibility index (Phi) is 5.24. The maximum absolute atomic E-state index is 12.0. The Morgan fingerprint density at radius 2 is 2.05 bits per heavy atom. The van der Waals surface area contributed by atoms with E-state index in [2.05, 4.69) is 37.1 Å². The third-order valence-corrected chi connectivity index (χ3v) is 3.85. The summed E-state index contributed by atoms with van der Waals surface area (Å²) >= 11 is 0. The van der Waals surface area contributed by atoms with Crippen molar-refractivity contribution in [3.05, 3.63) is 36.0 Å². The van der Waals surface area contributed by atoms with Gasteiger partial charge in [0.1, 0.15) is 6.04 Å². The summed E-state index contributed by atoms with van der Waals surface area (Å²) in [6.07, 6.45) is 3.61. The number of carbonyl (C=O) groups excluding carboxylic acids is 1. The van der Waals surface area contributed by atoms with Gasteiger partial charge < -0.3 is 15.0 Å². The Morgan fingerprint density at radius 1 is 1.32 bits per heavy atom. The second-order valence-corrected chi connectivity index (χ2v) is 6.90. The van der Waals surface area contributed by atoms with Crippen LogP contribution >= 0.6 is 0 Å². The van der Waals surface area contributed by atoms with Gasteiger partial charge in [-0.3, -0.25) is 4.79 Å². The lowest BCUT2D eigenvalue weighted by Gasteiger charge is -2.21. The van der Waals surface area contributed by atoms with Crippen LogP contribution in [0, 0.1) is 5.41 Å². The minimum absolute atomic E-state index is 0.209. The van der Waals surface area contributed by atoms with Crippen molar-refractivity contribution < 1.29 is 9.53 Å². The van der Waals surface area contributed by atoms with Crippen LogP contribution in [0.4, 0.5) is 0 Å². The summed E-state index contributed by atoms with van der Waals surface area (Å²) in [5, 5.41) is 4.50. The quantitative estimate of drug-likeness (QED) is 0.805. The number of benzene rings is 1. The molecule has 22 heavy (non-hydrogen) atoms. The van der Waals surface area contributed by atoms with E-state index in [0.29, 0.717) is 6.42 Å². The molecule has 4 heteroatoms. The average molecular weight is 302 g/mol. The molecule has 0 fully saturated rings.